The van der Waals surface area contributed by atoms with E-state index in [1.807, 2.05) is 13.8 Å². The first-order valence-corrected chi connectivity index (χ1v) is 5.77. The lowest BCUT2D eigenvalue weighted by Gasteiger charge is -2.11. The van der Waals surface area contributed by atoms with Crippen molar-refractivity contribution in [2.75, 3.05) is 18.5 Å². The first-order chi connectivity index (χ1) is 8.00. The van der Waals surface area contributed by atoms with E-state index < -0.39 is 5.97 Å². The lowest BCUT2D eigenvalue weighted by Crippen LogP contribution is -2.15. The van der Waals surface area contributed by atoms with E-state index in [2.05, 4.69) is 5.32 Å². The van der Waals surface area contributed by atoms with Gasteiger partial charge in [0.1, 0.15) is 0 Å². The number of aromatic carboxylic acids is 1. The Labute approximate surface area is 106 Å². The van der Waals surface area contributed by atoms with Crippen molar-refractivity contribution in [1.82, 2.24) is 0 Å². The molecular formula is C12H16ClNO3. The molecule has 17 heavy (non-hydrogen) atoms. The van der Waals surface area contributed by atoms with Crippen LogP contribution in [0.25, 0.3) is 0 Å². The highest BCUT2D eigenvalue weighted by Crippen LogP contribution is 2.20. The van der Waals surface area contributed by atoms with E-state index in [1.165, 1.54) is 6.07 Å². The van der Waals surface area contributed by atoms with E-state index in [0.717, 1.165) is 0 Å². The molecule has 94 valence electrons. The molecule has 0 saturated heterocycles. The van der Waals surface area contributed by atoms with E-state index in [1.54, 1.807) is 12.1 Å². The molecule has 0 aliphatic rings. The van der Waals surface area contributed by atoms with Crippen LogP contribution in [0.15, 0.2) is 18.2 Å². The van der Waals surface area contributed by atoms with Gasteiger partial charge in [0.25, 0.3) is 0 Å². The summed E-state index contributed by atoms with van der Waals surface area (Å²) in [4.78, 5) is 11.0. The summed E-state index contributed by atoms with van der Waals surface area (Å²) in [6.07, 6.45) is 0.168. The molecule has 0 bridgehead atoms. The predicted molar refractivity (Wildman–Crippen MR) is 68.0 cm³/mol. The maximum Gasteiger partial charge on any atom is 0.337 e. The average Bonchev–Trinajstić information content (AvgIpc) is 2.25. The van der Waals surface area contributed by atoms with Crippen LogP contribution in [0, 0.1) is 0 Å². The third-order valence-electron chi connectivity index (χ3n) is 2.08. The van der Waals surface area contributed by atoms with Crippen molar-refractivity contribution in [2.24, 2.45) is 0 Å². The quantitative estimate of drug-likeness (QED) is 0.770. The van der Waals surface area contributed by atoms with Crippen LogP contribution < -0.4 is 5.32 Å². The summed E-state index contributed by atoms with van der Waals surface area (Å²) in [6.45, 7) is 4.98. The van der Waals surface area contributed by atoms with Crippen LogP contribution in [0.2, 0.25) is 5.02 Å². The number of halogens is 1. The van der Waals surface area contributed by atoms with Crippen LogP contribution in [0.1, 0.15) is 24.2 Å². The zero-order valence-corrected chi connectivity index (χ0v) is 10.6. The number of hydrogen-bond donors (Lipinski definition) is 2. The van der Waals surface area contributed by atoms with Gasteiger partial charge in [-0.15, -0.1) is 0 Å². The average molecular weight is 258 g/mol. The molecule has 0 saturated carbocycles. The van der Waals surface area contributed by atoms with E-state index in [9.17, 15) is 4.79 Å². The van der Waals surface area contributed by atoms with Crippen LogP contribution in [0.3, 0.4) is 0 Å². The fourth-order valence-electron chi connectivity index (χ4n) is 1.33. The lowest BCUT2D eigenvalue weighted by atomic mass is 10.2. The Morgan fingerprint density at radius 3 is 2.82 bits per heavy atom. The van der Waals surface area contributed by atoms with Gasteiger partial charge < -0.3 is 15.2 Å². The van der Waals surface area contributed by atoms with Crippen molar-refractivity contribution < 1.29 is 14.6 Å². The maximum absolute atomic E-state index is 11.0. The van der Waals surface area contributed by atoms with Gasteiger partial charge in [0.15, 0.2) is 0 Å². The minimum atomic E-state index is -1.00. The van der Waals surface area contributed by atoms with Crippen LogP contribution >= 0.6 is 11.6 Å². The third-order valence-corrected chi connectivity index (χ3v) is 2.32. The molecule has 0 heterocycles. The van der Waals surface area contributed by atoms with Crippen molar-refractivity contribution >= 4 is 23.3 Å². The smallest absolute Gasteiger partial charge is 0.337 e. The number of rotatable bonds is 6. The number of nitrogens with one attached hydrogen (secondary N) is 1. The summed E-state index contributed by atoms with van der Waals surface area (Å²) < 4.78 is 5.35. The highest BCUT2D eigenvalue weighted by Gasteiger charge is 2.10. The third kappa shape index (κ3) is 4.63. The summed E-state index contributed by atoms with van der Waals surface area (Å²) in [7, 11) is 0. The second-order valence-electron chi connectivity index (χ2n) is 3.84. The van der Waals surface area contributed by atoms with Crippen molar-refractivity contribution in [2.45, 2.75) is 20.0 Å². The highest BCUT2D eigenvalue weighted by atomic mass is 35.5. The molecule has 1 aromatic carbocycles. The molecule has 0 aliphatic heterocycles. The second kappa shape index (κ2) is 6.47. The van der Waals surface area contributed by atoms with E-state index in [0.29, 0.717) is 23.9 Å². The summed E-state index contributed by atoms with van der Waals surface area (Å²) in [5.74, 6) is -1.00. The normalized spacial score (nSPS) is 10.6. The molecule has 1 rings (SSSR count). The van der Waals surface area contributed by atoms with Gasteiger partial charge in [-0.3, -0.25) is 0 Å². The van der Waals surface area contributed by atoms with Crippen molar-refractivity contribution in [3.05, 3.63) is 28.8 Å². The molecule has 5 heteroatoms. The fraction of sp³-hybridized carbons (Fsp3) is 0.417. The highest BCUT2D eigenvalue weighted by molar-refractivity contribution is 6.31. The number of carbonyl (C=O) groups is 1. The molecule has 0 atom stereocenters. The Morgan fingerprint density at radius 1 is 1.53 bits per heavy atom. The number of benzene rings is 1. The predicted octanol–water partition coefficient (Wildman–Crippen LogP) is 2.88. The Bertz CT molecular complexity index is 393. The monoisotopic (exact) mass is 257 g/mol. The molecule has 0 amide bonds. The van der Waals surface area contributed by atoms with Crippen molar-refractivity contribution in [1.29, 1.82) is 0 Å². The minimum Gasteiger partial charge on any atom is -0.478 e. The topological polar surface area (TPSA) is 58.6 Å². The number of hydrogen-bond acceptors (Lipinski definition) is 3. The Hall–Kier alpha value is -1.26. The van der Waals surface area contributed by atoms with Crippen LogP contribution in [0.5, 0.6) is 0 Å². The zero-order chi connectivity index (χ0) is 12.8. The zero-order valence-electron chi connectivity index (χ0n) is 9.87. The summed E-state index contributed by atoms with van der Waals surface area (Å²) in [5.41, 5.74) is 0.719. The molecule has 2 N–H and O–H groups in total. The number of carboxylic acids is 1. The molecule has 0 aliphatic carbocycles. The van der Waals surface area contributed by atoms with Gasteiger partial charge in [-0.1, -0.05) is 11.6 Å². The van der Waals surface area contributed by atoms with Crippen LogP contribution in [-0.2, 0) is 4.74 Å². The minimum absolute atomic E-state index is 0.168. The molecule has 0 unspecified atom stereocenters. The molecule has 4 nitrogen and oxygen atoms in total. The fourth-order valence-corrected chi connectivity index (χ4v) is 1.50. The number of carboxylic acid groups (broad SMARTS) is 1. The number of anilines is 1. The first-order valence-electron chi connectivity index (χ1n) is 5.39. The van der Waals surface area contributed by atoms with Gasteiger partial charge >= 0.3 is 5.97 Å². The van der Waals surface area contributed by atoms with Gasteiger partial charge in [-0.2, -0.15) is 0 Å². The lowest BCUT2D eigenvalue weighted by molar-refractivity contribution is 0.0697. The van der Waals surface area contributed by atoms with E-state index in [-0.39, 0.29) is 11.7 Å². The molecular weight excluding hydrogens is 242 g/mol. The van der Waals surface area contributed by atoms with Gasteiger partial charge in [-0.25, -0.2) is 4.79 Å². The van der Waals surface area contributed by atoms with Gasteiger partial charge in [-0.05, 0) is 32.0 Å². The van der Waals surface area contributed by atoms with E-state index in [4.69, 9.17) is 21.4 Å². The molecule has 0 aromatic heterocycles. The Morgan fingerprint density at radius 2 is 2.24 bits per heavy atom. The van der Waals surface area contributed by atoms with Crippen LogP contribution in [-0.4, -0.2) is 30.3 Å². The van der Waals surface area contributed by atoms with Crippen molar-refractivity contribution in [3.8, 4) is 0 Å². The summed E-state index contributed by atoms with van der Waals surface area (Å²) in [5, 5.41) is 12.4. The van der Waals surface area contributed by atoms with Crippen LogP contribution in [0.4, 0.5) is 5.69 Å². The SMILES string of the molecule is CC(C)OCCNc1ccc(Cl)cc1C(=O)O. The van der Waals surface area contributed by atoms with E-state index >= 15 is 0 Å². The standard InChI is InChI=1S/C12H16ClNO3/c1-8(2)17-6-5-14-11-4-3-9(13)7-10(11)12(15)16/h3-4,7-8,14H,5-6H2,1-2H3,(H,15,16). The second-order valence-corrected chi connectivity index (χ2v) is 4.28. The summed E-state index contributed by atoms with van der Waals surface area (Å²) in [6, 6.07) is 4.73. The van der Waals surface area contributed by atoms with Gasteiger partial charge in [0.2, 0.25) is 0 Å². The molecule has 0 fully saturated rings. The van der Waals surface area contributed by atoms with Crippen molar-refractivity contribution in [3.63, 3.8) is 0 Å². The Balaban J connectivity index is 2.61. The maximum atomic E-state index is 11.0. The summed E-state index contributed by atoms with van der Waals surface area (Å²) >= 11 is 5.75. The first kappa shape index (κ1) is 13.8. The van der Waals surface area contributed by atoms with Gasteiger partial charge in [0.05, 0.1) is 18.3 Å². The molecule has 0 radical (unpaired) electrons. The molecule has 1 aromatic rings. The van der Waals surface area contributed by atoms with Gasteiger partial charge in [0, 0.05) is 17.3 Å². The number of ether oxygens (including phenoxy) is 1. The largest absolute Gasteiger partial charge is 0.478 e. The Kier molecular flexibility index (Phi) is 5.25. The molecule has 0 spiro atoms.